The number of fused-ring (bicyclic) bond motifs is 1. The molecule has 1 aromatic rings. The van der Waals surface area contributed by atoms with Crippen LogP contribution in [0, 0.1) is 0 Å². The van der Waals surface area contributed by atoms with Crippen molar-refractivity contribution in [2.75, 3.05) is 12.3 Å². The van der Waals surface area contributed by atoms with Gasteiger partial charge in [0.05, 0.1) is 19.1 Å². The van der Waals surface area contributed by atoms with Crippen LogP contribution in [0.4, 0.5) is 0 Å². The van der Waals surface area contributed by atoms with Crippen molar-refractivity contribution in [1.82, 2.24) is 4.90 Å². The average molecular weight is 235 g/mol. The predicted molar refractivity (Wildman–Crippen MR) is 62.2 cm³/mol. The number of amides is 1. The van der Waals surface area contributed by atoms with Gasteiger partial charge in [-0.25, -0.2) is 0 Å². The largest absolute Gasteiger partial charge is 0.352 e. The van der Waals surface area contributed by atoms with Crippen LogP contribution < -0.4 is 0 Å². The topological polar surface area (TPSA) is 29.5 Å². The molecular weight excluding hydrogens is 222 g/mol. The molecule has 0 N–H and O–H groups in total. The van der Waals surface area contributed by atoms with Crippen LogP contribution in [0.25, 0.3) is 0 Å². The maximum Gasteiger partial charge on any atom is 0.229 e. The second-order valence-corrected chi connectivity index (χ2v) is 5.18. The van der Waals surface area contributed by atoms with Gasteiger partial charge in [0.1, 0.15) is 6.23 Å². The zero-order chi connectivity index (χ0) is 11.0. The molecule has 3 nitrogen and oxygen atoms in total. The minimum atomic E-state index is 0.0777. The molecule has 2 fully saturated rings. The molecule has 0 bridgehead atoms. The van der Waals surface area contributed by atoms with Crippen LogP contribution in [0.5, 0.6) is 0 Å². The first kappa shape index (κ1) is 10.2. The Labute approximate surface area is 98.8 Å². The highest BCUT2D eigenvalue weighted by molar-refractivity contribution is 7.99. The SMILES string of the molecule is O=C1CC2OC(CSc3ccccc3)CN12. The lowest BCUT2D eigenvalue weighted by Crippen LogP contribution is -2.48. The Bertz CT molecular complexity index is 395. The lowest BCUT2D eigenvalue weighted by Gasteiger charge is -2.31. The van der Waals surface area contributed by atoms with Gasteiger partial charge in [0.15, 0.2) is 0 Å². The first-order chi connectivity index (χ1) is 7.83. The Morgan fingerprint density at radius 2 is 2.19 bits per heavy atom. The maximum absolute atomic E-state index is 11.2. The summed E-state index contributed by atoms with van der Waals surface area (Å²) in [6.45, 7) is 0.767. The minimum absolute atomic E-state index is 0.0777. The zero-order valence-electron chi connectivity index (χ0n) is 8.83. The number of thioether (sulfide) groups is 1. The fourth-order valence-corrected chi connectivity index (χ4v) is 2.96. The number of nitrogens with zero attached hydrogens (tertiary/aromatic N) is 1. The van der Waals surface area contributed by atoms with Gasteiger partial charge in [-0.15, -0.1) is 11.8 Å². The highest BCUT2D eigenvalue weighted by Crippen LogP contribution is 2.31. The number of ether oxygens (including phenoxy) is 1. The van der Waals surface area contributed by atoms with Gasteiger partial charge in [0.2, 0.25) is 5.91 Å². The Morgan fingerprint density at radius 1 is 1.38 bits per heavy atom. The molecule has 2 saturated heterocycles. The first-order valence-electron chi connectivity index (χ1n) is 5.46. The van der Waals surface area contributed by atoms with E-state index in [1.165, 1.54) is 4.90 Å². The predicted octanol–water partition coefficient (Wildman–Crippen LogP) is 1.74. The lowest BCUT2D eigenvalue weighted by atomic mass is 10.2. The minimum Gasteiger partial charge on any atom is -0.352 e. The number of benzene rings is 1. The smallest absolute Gasteiger partial charge is 0.229 e. The molecule has 2 aliphatic heterocycles. The maximum atomic E-state index is 11.2. The molecule has 4 heteroatoms. The quantitative estimate of drug-likeness (QED) is 0.590. The van der Waals surface area contributed by atoms with Gasteiger partial charge in [-0.1, -0.05) is 18.2 Å². The molecule has 1 amide bonds. The van der Waals surface area contributed by atoms with E-state index in [0.29, 0.717) is 6.42 Å². The summed E-state index contributed by atoms with van der Waals surface area (Å²) in [6, 6.07) is 10.3. The summed E-state index contributed by atoms with van der Waals surface area (Å²) in [5.41, 5.74) is 0. The Morgan fingerprint density at radius 3 is 2.88 bits per heavy atom. The van der Waals surface area contributed by atoms with Crippen molar-refractivity contribution in [3.05, 3.63) is 30.3 Å². The van der Waals surface area contributed by atoms with Gasteiger partial charge >= 0.3 is 0 Å². The third-order valence-electron chi connectivity index (χ3n) is 2.95. The van der Waals surface area contributed by atoms with Crippen LogP contribution in [0.3, 0.4) is 0 Å². The van der Waals surface area contributed by atoms with Gasteiger partial charge in [-0.05, 0) is 12.1 Å². The van der Waals surface area contributed by atoms with Crippen molar-refractivity contribution in [2.45, 2.75) is 23.6 Å². The molecule has 2 unspecified atom stereocenters. The Balaban J connectivity index is 1.52. The normalized spacial score (nSPS) is 27.8. The highest BCUT2D eigenvalue weighted by atomic mass is 32.2. The number of β-lactam (4-membered cyclic amide) rings is 1. The van der Waals surface area contributed by atoms with Crippen LogP contribution in [0.2, 0.25) is 0 Å². The van der Waals surface area contributed by atoms with Gasteiger partial charge < -0.3 is 9.64 Å². The number of rotatable bonds is 3. The molecule has 0 aromatic heterocycles. The molecule has 2 aliphatic rings. The molecular formula is C12H13NO2S. The van der Waals surface area contributed by atoms with E-state index in [-0.39, 0.29) is 18.2 Å². The van der Waals surface area contributed by atoms with Crippen molar-refractivity contribution >= 4 is 17.7 Å². The number of carbonyl (C=O) groups is 1. The zero-order valence-corrected chi connectivity index (χ0v) is 9.65. The summed E-state index contributed by atoms with van der Waals surface area (Å²) < 4.78 is 5.74. The summed E-state index contributed by atoms with van der Waals surface area (Å²) in [6.07, 6.45) is 0.850. The number of hydrogen-bond donors (Lipinski definition) is 0. The summed E-state index contributed by atoms with van der Waals surface area (Å²) in [7, 11) is 0. The van der Waals surface area contributed by atoms with E-state index < -0.39 is 0 Å². The van der Waals surface area contributed by atoms with Gasteiger partial charge in [0, 0.05) is 10.6 Å². The molecule has 2 heterocycles. The molecule has 3 rings (SSSR count). The van der Waals surface area contributed by atoms with Crippen LogP contribution in [0.1, 0.15) is 6.42 Å². The van der Waals surface area contributed by atoms with Crippen molar-refractivity contribution < 1.29 is 9.53 Å². The van der Waals surface area contributed by atoms with E-state index >= 15 is 0 Å². The van der Waals surface area contributed by atoms with Gasteiger partial charge in [0.25, 0.3) is 0 Å². The summed E-state index contributed by atoms with van der Waals surface area (Å²) in [4.78, 5) is 14.3. The summed E-state index contributed by atoms with van der Waals surface area (Å²) in [5.74, 6) is 1.15. The molecule has 2 atom stereocenters. The third kappa shape index (κ3) is 1.83. The van der Waals surface area contributed by atoms with Crippen LogP contribution in [0.15, 0.2) is 35.2 Å². The molecule has 0 spiro atoms. The molecule has 84 valence electrons. The molecule has 0 saturated carbocycles. The molecule has 0 radical (unpaired) electrons. The van der Waals surface area contributed by atoms with Gasteiger partial charge in [-0.3, -0.25) is 4.79 Å². The fraction of sp³-hybridized carbons (Fsp3) is 0.417. The van der Waals surface area contributed by atoms with Crippen molar-refractivity contribution in [2.24, 2.45) is 0 Å². The molecule has 0 aliphatic carbocycles. The fourth-order valence-electron chi connectivity index (χ4n) is 2.05. The van der Waals surface area contributed by atoms with E-state index in [2.05, 4.69) is 12.1 Å². The lowest BCUT2D eigenvalue weighted by molar-refractivity contribution is -0.156. The average Bonchev–Trinajstić information content (AvgIpc) is 2.65. The highest BCUT2D eigenvalue weighted by Gasteiger charge is 2.44. The van der Waals surface area contributed by atoms with Crippen molar-refractivity contribution in [1.29, 1.82) is 0 Å². The van der Waals surface area contributed by atoms with Crippen LogP contribution in [-0.4, -0.2) is 35.4 Å². The van der Waals surface area contributed by atoms with Crippen molar-refractivity contribution in [3.63, 3.8) is 0 Å². The second kappa shape index (κ2) is 4.11. The summed E-state index contributed by atoms with van der Waals surface area (Å²) in [5, 5.41) is 0. The number of carbonyl (C=O) groups excluding carboxylic acids is 1. The van der Waals surface area contributed by atoms with E-state index in [9.17, 15) is 4.79 Å². The Hall–Kier alpha value is -1.00. The second-order valence-electron chi connectivity index (χ2n) is 4.09. The van der Waals surface area contributed by atoms with E-state index in [0.717, 1.165) is 12.3 Å². The molecule has 16 heavy (non-hydrogen) atoms. The monoisotopic (exact) mass is 235 g/mol. The third-order valence-corrected chi connectivity index (χ3v) is 4.09. The van der Waals surface area contributed by atoms with Crippen molar-refractivity contribution in [3.8, 4) is 0 Å². The van der Waals surface area contributed by atoms with E-state index in [1.807, 2.05) is 23.1 Å². The molecule has 1 aromatic carbocycles. The standard InChI is InChI=1S/C12H13NO2S/c14-11-6-12-13(11)7-9(15-12)8-16-10-4-2-1-3-5-10/h1-5,9,12H,6-8H2. The van der Waals surface area contributed by atoms with E-state index in [1.54, 1.807) is 11.8 Å². The first-order valence-corrected chi connectivity index (χ1v) is 6.44. The number of hydrogen-bond acceptors (Lipinski definition) is 3. The van der Waals surface area contributed by atoms with E-state index in [4.69, 9.17) is 4.74 Å². The van der Waals surface area contributed by atoms with Gasteiger partial charge in [-0.2, -0.15) is 0 Å². The summed E-state index contributed by atoms with van der Waals surface area (Å²) >= 11 is 1.79. The Kier molecular flexibility index (Phi) is 2.61. The van der Waals surface area contributed by atoms with Crippen LogP contribution in [-0.2, 0) is 9.53 Å². The van der Waals surface area contributed by atoms with Crippen LogP contribution >= 0.6 is 11.8 Å².